The quantitative estimate of drug-likeness (QED) is 0.751. The van der Waals surface area contributed by atoms with Crippen molar-refractivity contribution in [2.75, 3.05) is 10.6 Å². The Kier molecular flexibility index (Phi) is 4.83. The van der Waals surface area contributed by atoms with Crippen LogP contribution in [0.5, 0.6) is 0 Å². The first-order chi connectivity index (χ1) is 12.0. The summed E-state index contributed by atoms with van der Waals surface area (Å²) in [6.45, 7) is 1.58. The molecular weight excluding hydrogens is 322 g/mol. The van der Waals surface area contributed by atoms with E-state index in [1.165, 1.54) is 12.3 Å². The molecule has 7 nitrogen and oxygen atoms in total. The van der Waals surface area contributed by atoms with Crippen molar-refractivity contribution >= 4 is 29.1 Å². The minimum absolute atomic E-state index is 0.00237. The third kappa shape index (κ3) is 4.47. The van der Waals surface area contributed by atoms with Crippen LogP contribution in [0.1, 0.15) is 30.3 Å². The van der Waals surface area contributed by atoms with Crippen LogP contribution >= 0.6 is 0 Å². The van der Waals surface area contributed by atoms with Gasteiger partial charge >= 0.3 is 0 Å². The van der Waals surface area contributed by atoms with Gasteiger partial charge in [-0.1, -0.05) is 6.07 Å². The molecule has 1 aliphatic rings. The number of anilines is 2. The van der Waals surface area contributed by atoms with Gasteiger partial charge in [-0.25, -0.2) is 0 Å². The van der Waals surface area contributed by atoms with Crippen LogP contribution in [-0.2, 0) is 9.59 Å². The fraction of sp³-hybridized carbons (Fsp3) is 0.278. The van der Waals surface area contributed by atoms with E-state index < -0.39 is 11.9 Å². The summed E-state index contributed by atoms with van der Waals surface area (Å²) in [5.74, 6) is -0.578. The molecule has 0 saturated heterocycles. The molecule has 25 heavy (non-hydrogen) atoms. The first kappa shape index (κ1) is 16.8. The number of furan rings is 1. The molecule has 1 aromatic heterocycles. The molecule has 1 unspecified atom stereocenters. The molecule has 3 N–H and O–H groups in total. The van der Waals surface area contributed by atoms with Crippen LogP contribution in [0.4, 0.5) is 11.4 Å². The van der Waals surface area contributed by atoms with E-state index in [1.54, 1.807) is 37.3 Å². The monoisotopic (exact) mass is 341 g/mol. The summed E-state index contributed by atoms with van der Waals surface area (Å²) in [6, 6.07) is 9.27. The van der Waals surface area contributed by atoms with Crippen LogP contribution in [-0.4, -0.2) is 23.8 Å². The number of rotatable bonds is 6. The SMILES string of the molecule is CC(NC(=O)c1ccco1)C(=O)Nc1cccc(NC(=O)C2CC2)c1. The standard InChI is InChI=1S/C18H19N3O4/c1-11(19-18(24)15-6-3-9-25-15)16(22)20-13-4-2-5-14(10-13)21-17(23)12-7-8-12/h2-6,9-12H,7-8H2,1H3,(H,19,24)(H,20,22)(H,21,23). The van der Waals surface area contributed by atoms with Crippen molar-refractivity contribution < 1.29 is 18.8 Å². The second-order valence-corrected chi connectivity index (χ2v) is 6.01. The Morgan fingerprint density at radius 3 is 2.44 bits per heavy atom. The Hall–Kier alpha value is -3.09. The number of amides is 3. The van der Waals surface area contributed by atoms with Gasteiger partial charge in [0.25, 0.3) is 5.91 Å². The van der Waals surface area contributed by atoms with Crippen molar-refractivity contribution in [2.24, 2.45) is 5.92 Å². The zero-order valence-corrected chi connectivity index (χ0v) is 13.7. The van der Waals surface area contributed by atoms with Gasteiger partial charge in [0.2, 0.25) is 11.8 Å². The minimum atomic E-state index is -0.748. The average molecular weight is 341 g/mol. The Bertz CT molecular complexity index is 781. The number of benzene rings is 1. The molecule has 0 radical (unpaired) electrons. The number of nitrogens with one attached hydrogen (secondary N) is 3. The molecule has 1 saturated carbocycles. The zero-order chi connectivity index (χ0) is 17.8. The largest absolute Gasteiger partial charge is 0.459 e. The molecular formula is C18H19N3O4. The summed E-state index contributed by atoms with van der Waals surface area (Å²) in [5.41, 5.74) is 1.17. The second-order valence-electron chi connectivity index (χ2n) is 6.01. The Labute approximate surface area is 144 Å². The lowest BCUT2D eigenvalue weighted by Gasteiger charge is -2.14. The van der Waals surface area contributed by atoms with Gasteiger partial charge in [0.05, 0.1) is 6.26 Å². The fourth-order valence-corrected chi connectivity index (χ4v) is 2.26. The zero-order valence-electron chi connectivity index (χ0n) is 13.7. The van der Waals surface area contributed by atoms with Crippen LogP contribution in [0.2, 0.25) is 0 Å². The van der Waals surface area contributed by atoms with E-state index in [1.807, 2.05) is 0 Å². The van der Waals surface area contributed by atoms with E-state index in [0.717, 1.165) is 12.8 Å². The summed E-state index contributed by atoms with van der Waals surface area (Å²) < 4.78 is 4.99. The van der Waals surface area contributed by atoms with Gasteiger partial charge in [-0.05, 0) is 50.1 Å². The maximum absolute atomic E-state index is 12.2. The van der Waals surface area contributed by atoms with E-state index in [9.17, 15) is 14.4 Å². The van der Waals surface area contributed by atoms with Gasteiger partial charge in [0.1, 0.15) is 6.04 Å². The molecule has 1 aromatic carbocycles. The molecule has 1 heterocycles. The predicted octanol–water partition coefficient (Wildman–Crippen LogP) is 2.39. The molecule has 0 aliphatic heterocycles. The molecule has 130 valence electrons. The summed E-state index contributed by atoms with van der Waals surface area (Å²) >= 11 is 0. The minimum Gasteiger partial charge on any atom is -0.459 e. The molecule has 7 heteroatoms. The smallest absolute Gasteiger partial charge is 0.287 e. The number of carbonyl (C=O) groups excluding carboxylic acids is 3. The van der Waals surface area contributed by atoms with Gasteiger partial charge in [0, 0.05) is 17.3 Å². The Balaban J connectivity index is 1.56. The van der Waals surface area contributed by atoms with Gasteiger partial charge in [0.15, 0.2) is 5.76 Å². The summed E-state index contributed by atoms with van der Waals surface area (Å²) in [6.07, 6.45) is 3.24. The van der Waals surface area contributed by atoms with E-state index in [4.69, 9.17) is 4.42 Å². The van der Waals surface area contributed by atoms with E-state index >= 15 is 0 Å². The molecule has 0 bridgehead atoms. The number of hydrogen-bond acceptors (Lipinski definition) is 4. The molecule has 0 spiro atoms. The van der Waals surface area contributed by atoms with Crippen molar-refractivity contribution in [1.82, 2.24) is 5.32 Å². The van der Waals surface area contributed by atoms with Crippen molar-refractivity contribution in [3.05, 3.63) is 48.4 Å². The lowest BCUT2D eigenvalue weighted by Crippen LogP contribution is -2.41. The first-order valence-electron chi connectivity index (χ1n) is 8.09. The van der Waals surface area contributed by atoms with Crippen molar-refractivity contribution in [3.8, 4) is 0 Å². The first-order valence-corrected chi connectivity index (χ1v) is 8.09. The van der Waals surface area contributed by atoms with Gasteiger partial charge < -0.3 is 20.4 Å². The number of hydrogen-bond donors (Lipinski definition) is 3. The maximum atomic E-state index is 12.2. The molecule has 3 rings (SSSR count). The maximum Gasteiger partial charge on any atom is 0.287 e. The van der Waals surface area contributed by atoms with Gasteiger partial charge in [-0.15, -0.1) is 0 Å². The highest BCUT2D eigenvalue weighted by Crippen LogP contribution is 2.30. The van der Waals surface area contributed by atoms with Crippen LogP contribution in [0.25, 0.3) is 0 Å². The highest BCUT2D eigenvalue weighted by atomic mass is 16.3. The van der Waals surface area contributed by atoms with Crippen LogP contribution in [0.3, 0.4) is 0 Å². The van der Waals surface area contributed by atoms with E-state index in [2.05, 4.69) is 16.0 Å². The average Bonchev–Trinajstić information content (AvgIpc) is 3.29. The Morgan fingerprint density at radius 1 is 1.08 bits per heavy atom. The molecule has 1 atom stereocenters. The van der Waals surface area contributed by atoms with Crippen LogP contribution in [0.15, 0.2) is 47.1 Å². The number of carbonyl (C=O) groups is 3. The van der Waals surface area contributed by atoms with Gasteiger partial charge in [-0.2, -0.15) is 0 Å². The summed E-state index contributed by atoms with van der Waals surface area (Å²) in [7, 11) is 0. The molecule has 1 fully saturated rings. The summed E-state index contributed by atoms with van der Waals surface area (Å²) in [5, 5.41) is 8.10. The van der Waals surface area contributed by atoms with Crippen LogP contribution < -0.4 is 16.0 Å². The third-order valence-corrected chi connectivity index (χ3v) is 3.83. The molecule has 1 aliphatic carbocycles. The molecule has 3 amide bonds. The highest BCUT2D eigenvalue weighted by molar-refractivity contribution is 6.00. The highest BCUT2D eigenvalue weighted by Gasteiger charge is 2.29. The van der Waals surface area contributed by atoms with Gasteiger partial charge in [-0.3, -0.25) is 14.4 Å². The lowest BCUT2D eigenvalue weighted by molar-refractivity contribution is -0.118. The van der Waals surface area contributed by atoms with Crippen LogP contribution in [0, 0.1) is 5.92 Å². The normalized spacial score (nSPS) is 14.4. The third-order valence-electron chi connectivity index (χ3n) is 3.83. The van der Waals surface area contributed by atoms with E-state index in [0.29, 0.717) is 11.4 Å². The van der Waals surface area contributed by atoms with E-state index in [-0.39, 0.29) is 23.5 Å². The van der Waals surface area contributed by atoms with Crippen molar-refractivity contribution in [3.63, 3.8) is 0 Å². The van der Waals surface area contributed by atoms with Crippen molar-refractivity contribution in [2.45, 2.75) is 25.8 Å². The lowest BCUT2D eigenvalue weighted by atomic mass is 10.2. The Morgan fingerprint density at radius 2 is 1.80 bits per heavy atom. The topological polar surface area (TPSA) is 100 Å². The fourth-order valence-electron chi connectivity index (χ4n) is 2.26. The second kappa shape index (κ2) is 7.21. The predicted molar refractivity (Wildman–Crippen MR) is 92.1 cm³/mol. The molecule has 2 aromatic rings. The van der Waals surface area contributed by atoms with Crippen molar-refractivity contribution in [1.29, 1.82) is 0 Å². The summed E-state index contributed by atoms with van der Waals surface area (Å²) in [4.78, 5) is 35.9.